The second-order valence-electron chi connectivity index (χ2n) is 5.99. The molecular weight excluding hydrogens is 262 g/mol. The van der Waals surface area contributed by atoms with Gasteiger partial charge in [-0.2, -0.15) is 0 Å². The maximum absolute atomic E-state index is 5.85. The normalized spacial score (nSPS) is 23.8. The van der Waals surface area contributed by atoms with Gasteiger partial charge in [0.25, 0.3) is 0 Å². The molecule has 0 saturated carbocycles. The van der Waals surface area contributed by atoms with E-state index in [1.54, 1.807) is 0 Å². The number of rotatable bonds is 3. The molecule has 1 saturated heterocycles. The first kappa shape index (κ1) is 14.4. The lowest BCUT2D eigenvalue weighted by Gasteiger charge is -2.39. The van der Waals surface area contributed by atoms with Crippen molar-refractivity contribution in [3.05, 3.63) is 59.3 Å². The maximum atomic E-state index is 5.85. The van der Waals surface area contributed by atoms with Gasteiger partial charge in [-0.15, -0.1) is 0 Å². The average Bonchev–Trinajstić information content (AvgIpc) is 2.91. The second kappa shape index (κ2) is 5.66. The predicted octanol–water partition coefficient (Wildman–Crippen LogP) is 3.32. The van der Waals surface area contributed by atoms with Crippen molar-refractivity contribution >= 4 is 0 Å². The summed E-state index contributed by atoms with van der Waals surface area (Å²) < 4.78 is 11.7. The molecule has 2 aliphatic rings. The first-order chi connectivity index (χ1) is 10.1. The smallest absolute Gasteiger partial charge is 0.189 e. The maximum Gasteiger partial charge on any atom is 0.189 e. The van der Waals surface area contributed by atoms with Gasteiger partial charge < -0.3 is 14.4 Å². The Balaban J connectivity index is 1.84. The minimum absolute atomic E-state index is 0.102. The van der Waals surface area contributed by atoms with Crippen molar-refractivity contribution in [2.24, 2.45) is 0 Å². The summed E-state index contributed by atoms with van der Waals surface area (Å²) in [6.07, 6.45) is 8.43. The molecule has 3 heteroatoms. The zero-order valence-corrected chi connectivity index (χ0v) is 13.0. The molecule has 1 atom stereocenters. The van der Waals surface area contributed by atoms with Crippen molar-refractivity contribution in [1.82, 2.24) is 4.90 Å². The van der Waals surface area contributed by atoms with E-state index in [0.29, 0.717) is 13.2 Å². The zero-order chi connectivity index (χ0) is 14.9. The van der Waals surface area contributed by atoms with Gasteiger partial charge >= 0.3 is 0 Å². The van der Waals surface area contributed by atoms with Crippen LogP contribution in [0.1, 0.15) is 23.6 Å². The van der Waals surface area contributed by atoms with Crippen LogP contribution < -0.4 is 0 Å². The third kappa shape index (κ3) is 2.89. The van der Waals surface area contributed by atoms with E-state index in [4.69, 9.17) is 9.47 Å². The second-order valence-corrected chi connectivity index (χ2v) is 5.99. The van der Waals surface area contributed by atoms with Gasteiger partial charge in [0.15, 0.2) is 5.79 Å². The molecule has 3 rings (SSSR count). The fraction of sp³-hybridized carbons (Fsp3) is 0.444. The van der Waals surface area contributed by atoms with E-state index in [2.05, 4.69) is 61.4 Å². The molecule has 0 bridgehead atoms. The van der Waals surface area contributed by atoms with E-state index in [1.807, 2.05) is 6.92 Å². The zero-order valence-electron chi connectivity index (χ0n) is 13.0. The molecule has 2 aliphatic heterocycles. The highest BCUT2D eigenvalue weighted by molar-refractivity contribution is 5.31. The van der Waals surface area contributed by atoms with Crippen molar-refractivity contribution in [2.75, 3.05) is 13.2 Å². The molecule has 1 fully saturated rings. The summed E-state index contributed by atoms with van der Waals surface area (Å²) in [5.74, 6) is -0.557. The quantitative estimate of drug-likeness (QED) is 0.850. The van der Waals surface area contributed by atoms with Crippen LogP contribution in [0.3, 0.4) is 0 Å². The Morgan fingerprint density at radius 1 is 1.19 bits per heavy atom. The Hall–Kier alpha value is -1.58. The van der Waals surface area contributed by atoms with Gasteiger partial charge in [0.2, 0.25) is 0 Å². The van der Waals surface area contributed by atoms with E-state index in [0.717, 1.165) is 6.54 Å². The summed E-state index contributed by atoms with van der Waals surface area (Å²) in [4.78, 5) is 2.30. The summed E-state index contributed by atoms with van der Waals surface area (Å²) >= 11 is 0. The van der Waals surface area contributed by atoms with Gasteiger partial charge in [0, 0.05) is 12.7 Å². The Labute approximate surface area is 126 Å². The van der Waals surface area contributed by atoms with Crippen molar-refractivity contribution in [1.29, 1.82) is 0 Å². The number of ether oxygens (including phenoxy) is 2. The molecule has 0 radical (unpaired) electrons. The Morgan fingerprint density at radius 3 is 2.71 bits per heavy atom. The van der Waals surface area contributed by atoms with Crippen LogP contribution in [0.5, 0.6) is 0 Å². The van der Waals surface area contributed by atoms with Gasteiger partial charge in [-0.3, -0.25) is 0 Å². The molecule has 0 spiro atoms. The van der Waals surface area contributed by atoms with Gasteiger partial charge in [0.1, 0.15) is 6.04 Å². The number of hydrogen-bond donors (Lipinski definition) is 0. The molecular formula is C18H23NO2. The number of allylic oxidation sites excluding steroid dienone is 2. The first-order valence-electron chi connectivity index (χ1n) is 7.53. The van der Waals surface area contributed by atoms with Crippen LogP contribution in [-0.4, -0.2) is 29.9 Å². The Kier molecular flexibility index (Phi) is 3.87. The van der Waals surface area contributed by atoms with E-state index in [9.17, 15) is 0 Å². The molecule has 112 valence electrons. The summed E-state index contributed by atoms with van der Waals surface area (Å²) in [5, 5.41) is 0. The van der Waals surface area contributed by atoms with Crippen LogP contribution in [-0.2, 0) is 16.0 Å². The van der Waals surface area contributed by atoms with Crippen LogP contribution in [0, 0.1) is 13.8 Å². The SMILES string of the molecule is Cc1ccc(C)c(CN2C=CC=CC2C2(C)OCCO2)c1. The average molecular weight is 285 g/mol. The fourth-order valence-corrected chi connectivity index (χ4v) is 3.03. The van der Waals surface area contributed by atoms with Crippen molar-refractivity contribution in [2.45, 2.75) is 39.1 Å². The van der Waals surface area contributed by atoms with Crippen LogP contribution in [0.2, 0.25) is 0 Å². The standard InChI is InChI=1S/C18H23NO2/c1-14-7-8-15(2)16(12-14)13-19-9-5-4-6-17(19)18(3)20-10-11-21-18/h4-9,12,17H,10-11,13H2,1-3H3. The molecule has 1 aromatic carbocycles. The number of nitrogens with zero attached hydrogens (tertiary/aromatic N) is 1. The summed E-state index contributed by atoms with van der Waals surface area (Å²) in [7, 11) is 0. The third-order valence-electron chi connectivity index (χ3n) is 4.29. The van der Waals surface area contributed by atoms with Crippen molar-refractivity contribution in [3.63, 3.8) is 0 Å². The topological polar surface area (TPSA) is 21.7 Å². The lowest BCUT2D eigenvalue weighted by atomic mass is 10.0. The molecule has 2 heterocycles. The highest BCUT2D eigenvalue weighted by atomic mass is 16.7. The van der Waals surface area contributed by atoms with Crippen LogP contribution in [0.4, 0.5) is 0 Å². The molecule has 3 nitrogen and oxygen atoms in total. The van der Waals surface area contributed by atoms with Gasteiger partial charge in [-0.1, -0.05) is 35.9 Å². The lowest BCUT2D eigenvalue weighted by molar-refractivity contribution is -0.173. The molecule has 21 heavy (non-hydrogen) atoms. The predicted molar refractivity (Wildman–Crippen MR) is 83.8 cm³/mol. The van der Waals surface area contributed by atoms with E-state index < -0.39 is 5.79 Å². The third-order valence-corrected chi connectivity index (χ3v) is 4.29. The van der Waals surface area contributed by atoms with Crippen LogP contribution >= 0.6 is 0 Å². The molecule has 0 aliphatic carbocycles. The minimum Gasteiger partial charge on any atom is -0.361 e. The van der Waals surface area contributed by atoms with Gasteiger partial charge in [0.05, 0.1) is 13.2 Å². The van der Waals surface area contributed by atoms with Gasteiger partial charge in [-0.05, 0) is 38.0 Å². The Bertz CT molecular complexity index is 571. The summed E-state index contributed by atoms with van der Waals surface area (Å²) in [6.45, 7) is 8.53. The number of aryl methyl sites for hydroxylation is 2. The molecule has 0 N–H and O–H groups in total. The monoisotopic (exact) mass is 285 g/mol. The van der Waals surface area contributed by atoms with Crippen molar-refractivity contribution in [3.8, 4) is 0 Å². The molecule has 1 aromatic rings. The van der Waals surface area contributed by atoms with Crippen LogP contribution in [0.15, 0.2) is 42.6 Å². The fourth-order valence-electron chi connectivity index (χ4n) is 3.03. The van der Waals surface area contributed by atoms with Gasteiger partial charge in [-0.25, -0.2) is 0 Å². The highest BCUT2D eigenvalue weighted by Gasteiger charge is 2.41. The van der Waals surface area contributed by atoms with Crippen molar-refractivity contribution < 1.29 is 9.47 Å². The number of hydrogen-bond acceptors (Lipinski definition) is 3. The molecule has 0 aromatic heterocycles. The lowest BCUT2D eigenvalue weighted by Crippen LogP contribution is -2.49. The van der Waals surface area contributed by atoms with Crippen LogP contribution in [0.25, 0.3) is 0 Å². The van der Waals surface area contributed by atoms with E-state index in [1.165, 1.54) is 16.7 Å². The Morgan fingerprint density at radius 2 is 1.95 bits per heavy atom. The first-order valence-corrected chi connectivity index (χ1v) is 7.53. The molecule has 0 amide bonds. The minimum atomic E-state index is -0.557. The van der Waals surface area contributed by atoms with E-state index >= 15 is 0 Å². The summed E-state index contributed by atoms with van der Waals surface area (Å²) in [6, 6.07) is 6.71. The largest absolute Gasteiger partial charge is 0.361 e. The number of benzene rings is 1. The highest BCUT2D eigenvalue weighted by Crippen LogP contribution is 2.30. The van der Waals surface area contributed by atoms with E-state index in [-0.39, 0.29) is 6.04 Å². The summed E-state index contributed by atoms with van der Waals surface area (Å²) in [5.41, 5.74) is 3.96. The molecule has 1 unspecified atom stereocenters.